The number of carbonyl (C=O) groups is 2. The lowest BCUT2D eigenvalue weighted by Crippen LogP contribution is -2.26. The molecule has 1 aromatic carbocycles. The van der Waals surface area contributed by atoms with E-state index in [1.807, 2.05) is 37.3 Å². The van der Waals surface area contributed by atoms with Crippen LogP contribution in [0.3, 0.4) is 0 Å². The first-order valence-corrected chi connectivity index (χ1v) is 9.83. The maximum Gasteiger partial charge on any atom is 0.341 e. The first-order valence-electron chi connectivity index (χ1n) is 8.26. The van der Waals surface area contributed by atoms with E-state index in [4.69, 9.17) is 27.9 Å². The van der Waals surface area contributed by atoms with Gasteiger partial charge in [-0.25, -0.2) is 4.79 Å². The van der Waals surface area contributed by atoms with Crippen molar-refractivity contribution in [3.8, 4) is 11.1 Å². The second-order valence-electron chi connectivity index (χ2n) is 6.49. The van der Waals surface area contributed by atoms with Gasteiger partial charge in [0.15, 0.2) is 0 Å². The van der Waals surface area contributed by atoms with Crippen LogP contribution in [0.5, 0.6) is 0 Å². The smallest absolute Gasteiger partial charge is 0.341 e. The molecule has 138 valence electrons. The van der Waals surface area contributed by atoms with Gasteiger partial charge in [0.1, 0.15) is 14.9 Å². The fourth-order valence-corrected chi connectivity index (χ4v) is 4.64. The summed E-state index contributed by atoms with van der Waals surface area (Å²) in [6, 6.07) is 9.56. The van der Waals surface area contributed by atoms with E-state index in [9.17, 15) is 9.59 Å². The third-order valence-electron chi connectivity index (χ3n) is 4.61. The van der Waals surface area contributed by atoms with E-state index < -0.39 is 15.7 Å². The normalized spacial score (nSPS) is 20.5. The van der Waals surface area contributed by atoms with E-state index in [-0.39, 0.29) is 12.5 Å². The van der Waals surface area contributed by atoms with E-state index >= 15 is 0 Å². The number of thiophene rings is 1. The number of esters is 1. The van der Waals surface area contributed by atoms with E-state index in [2.05, 4.69) is 5.32 Å². The van der Waals surface area contributed by atoms with Crippen LogP contribution in [0, 0.1) is 12.3 Å². The zero-order valence-corrected chi connectivity index (χ0v) is 17.0. The molecule has 0 spiro atoms. The molecule has 1 N–H and O–H groups in total. The molecular formula is C19H19Cl2NO3S. The Kier molecular flexibility index (Phi) is 5.08. The van der Waals surface area contributed by atoms with Crippen molar-refractivity contribution in [2.75, 3.05) is 11.9 Å². The van der Waals surface area contributed by atoms with Crippen molar-refractivity contribution in [1.29, 1.82) is 0 Å². The summed E-state index contributed by atoms with van der Waals surface area (Å²) >= 11 is 13.6. The predicted molar refractivity (Wildman–Crippen MR) is 106 cm³/mol. The molecule has 2 aromatic rings. The minimum absolute atomic E-state index is 0.250. The fourth-order valence-electron chi connectivity index (χ4n) is 2.87. The number of hydrogen-bond donors (Lipinski definition) is 1. The number of ether oxygens (including phenoxy) is 1. The van der Waals surface area contributed by atoms with Gasteiger partial charge in [0.25, 0.3) is 0 Å². The van der Waals surface area contributed by atoms with Gasteiger partial charge in [0.05, 0.1) is 12.0 Å². The summed E-state index contributed by atoms with van der Waals surface area (Å²) in [4.78, 5) is 26.2. The number of anilines is 1. The molecule has 0 radical (unpaired) electrons. The number of benzene rings is 1. The highest BCUT2D eigenvalue weighted by Gasteiger charge is 2.68. The Morgan fingerprint density at radius 2 is 1.88 bits per heavy atom. The van der Waals surface area contributed by atoms with Crippen molar-refractivity contribution in [2.24, 2.45) is 5.41 Å². The number of amides is 1. The van der Waals surface area contributed by atoms with E-state index in [0.29, 0.717) is 17.0 Å². The highest BCUT2D eigenvalue weighted by Crippen LogP contribution is 2.64. The molecule has 0 aliphatic heterocycles. The van der Waals surface area contributed by atoms with Crippen molar-refractivity contribution in [1.82, 2.24) is 0 Å². The number of carbonyl (C=O) groups excluding carboxylic acids is 2. The number of aryl methyl sites for hydroxylation is 1. The van der Waals surface area contributed by atoms with Crippen LogP contribution < -0.4 is 5.32 Å². The Morgan fingerprint density at radius 1 is 1.27 bits per heavy atom. The lowest BCUT2D eigenvalue weighted by Gasteiger charge is -2.13. The van der Waals surface area contributed by atoms with Crippen molar-refractivity contribution in [3.05, 3.63) is 40.8 Å². The first-order chi connectivity index (χ1) is 12.2. The summed E-state index contributed by atoms with van der Waals surface area (Å²) in [6.07, 6.45) is 0.375. The molecule has 1 heterocycles. The summed E-state index contributed by atoms with van der Waals surface area (Å²) < 4.78 is 4.16. The topological polar surface area (TPSA) is 55.4 Å². The largest absolute Gasteiger partial charge is 0.462 e. The lowest BCUT2D eigenvalue weighted by atomic mass is 10.0. The maximum absolute atomic E-state index is 12.7. The van der Waals surface area contributed by atoms with Crippen molar-refractivity contribution < 1.29 is 14.3 Å². The fraction of sp³-hybridized carbons (Fsp3) is 0.368. The van der Waals surface area contributed by atoms with Crippen molar-refractivity contribution in [2.45, 2.75) is 31.5 Å². The maximum atomic E-state index is 12.7. The molecule has 0 unspecified atom stereocenters. The summed E-state index contributed by atoms with van der Waals surface area (Å²) in [7, 11) is 0. The molecular weight excluding hydrogens is 393 g/mol. The lowest BCUT2D eigenvalue weighted by molar-refractivity contribution is -0.120. The molecule has 0 saturated heterocycles. The average molecular weight is 412 g/mol. The Balaban J connectivity index is 2.03. The molecule has 4 nitrogen and oxygen atoms in total. The van der Waals surface area contributed by atoms with Gasteiger partial charge in [-0.3, -0.25) is 4.79 Å². The first kappa shape index (κ1) is 19.2. The van der Waals surface area contributed by atoms with Gasteiger partial charge in [-0.05, 0) is 32.8 Å². The molecule has 0 bridgehead atoms. The minimum Gasteiger partial charge on any atom is -0.462 e. The quantitative estimate of drug-likeness (QED) is 0.527. The van der Waals surface area contributed by atoms with E-state index in [0.717, 1.165) is 16.0 Å². The molecule has 26 heavy (non-hydrogen) atoms. The average Bonchev–Trinajstić information content (AvgIpc) is 2.95. The van der Waals surface area contributed by atoms with Crippen LogP contribution in [0.1, 0.15) is 35.5 Å². The molecule has 1 aromatic heterocycles. The molecule has 1 fully saturated rings. The van der Waals surface area contributed by atoms with Gasteiger partial charge < -0.3 is 10.1 Å². The number of alkyl halides is 2. The molecule has 1 aliphatic carbocycles. The van der Waals surface area contributed by atoms with Crippen LogP contribution in [-0.4, -0.2) is 22.8 Å². The van der Waals surface area contributed by atoms with Gasteiger partial charge in [-0.15, -0.1) is 34.5 Å². The SMILES string of the molecule is CCOC(=O)c1c(NC(=O)[C@]2(C)CC2(Cl)Cl)sc(C)c1-c1ccccc1. The summed E-state index contributed by atoms with van der Waals surface area (Å²) in [6.45, 7) is 5.63. The zero-order valence-electron chi connectivity index (χ0n) is 14.7. The molecule has 1 amide bonds. The van der Waals surface area contributed by atoms with Crippen LogP contribution in [-0.2, 0) is 9.53 Å². The molecule has 7 heteroatoms. The number of nitrogens with one attached hydrogen (secondary N) is 1. The van der Waals surface area contributed by atoms with Crippen LogP contribution >= 0.6 is 34.5 Å². The third-order valence-corrected chi connectivity index (χ3v) is 6.73. The Labute approximate surface area is 166 Å². The molecule has 1 saturated carbocycles. The number of hydrogen-bond acceptors (Lipinski definition) is 4. The van der Waals surface area contributed by atoms with Crippen LogP contribution in [0.4, 0.5) is 5.00 Å². The van der Waals surface area contributed by atoms with Gasteiger partial charge in [-0.2, -0.15) is 0 Å². The highest BCUT2D eigenvalue weighted by atomic mass is 35.5. The number of halogens is 2. The van der Waals surface area contributed by atoms with Crippen molar-refractivity contribution >= 4 is 51.4 Å². The Hall–Kier alpha value is -1.56. The summed E-state index contributed by atoms with van der Waals surface area (Å²) in [5.74, 6) is -0.760. The summed E-state index contributed by atoms with van der Waals surface area (Å²) in [5.41, 5.74) is 1.17. The minimum atomic E-state index is -1.07. The zero-order chi connectivity index (χ0) is 19.1. The van der Waals surface area contributed by atoms with Crippen LogP contribution in [0.25, 0.3) is 11.1 Å². The highest BCUT2D eigenvalue weighted by molar-refractivity contribution is 7.17. The van der Waals surface area contributed by atoms with E-state index in [1.54, 1.807) is 13.8 Å². The second kappa shape index (κ2) is 6.87. The number of rotatable bonds is 5. The van der Waals surface area contributed by atoms with E-state index in [1.165, 1.54) is 11.3 Å². The molecule has 1 aliphatic rings. The van der Waals surface area contributed by atoms with Gasteiger partial charge in [0.2, 0.25) is 5.91 Å². The summed E-state index contributed by atoms with van der Waals surface area (Å²) in [5, 5.41) is 3.31. The van der Waals surface area contributed by atoms with Crippen LogP contribution in [0.2, 0.25) is 0 Å². The van der Waals surface area contributed by atoms with Gasteiger partial charge in [-0.1, -0.05) is 30.3 Å². The molecule has 1 atom stereocenters. The standard InChI is InChI=1S/C19H19Cl2NO3S/c1-4-25-16(23)14-13(12-8-6-5-7-9-12)11(2)26-15(14)22-17(24)18(3)10-19(18,20)21/h5-9H,4,10H2,1-3H3,(H,22,24)/t18-/m0/s1. The Bertz CT molecular complexity index is 863. The van der Waals surface area contributed by atoms with Gasteiger partial charge >= 0.3 is 5.97 Å². The monoisotopic (exact) mass is 411 g/mol. The second-order valence-corrected chi connectivity index (χ2v) is 9.20. The Morgan fingerprint density at radius 3 is 2.42 bits per heavy atom. The van der Waals surface area contributed by atoms with Gasteiger partial charge in [0, 0.05) is 10.4 Å². The molecule has 3 rings (SSSR count). The third kappa shape index (κ3) is 3.24. The predicted octanol–water partition coefficient (Wildman–Crippen LogP) is 5.42. The van der Waals surface area contributed by atoms with Crippen LogP contribution in [0.15, 0.2) is 30.3 Å². The van der Waals surface area contributed by atoms with Crippen molar-refractivity contribution in [3.63, 3.8) is 0 Å².